The molecule has 0 aliphatic carbocycles. The molecule has 2 N–H and O–H groups in total. The van der Waals surface area contributed by atoms with Gasteiger partial charge in [-0.1, -0.05) is 40.9 Å². The van der Waals surface area contributed by atoms with Crippen molar-refractivity contribution >= 4 is 5.97 Å². The van der Waals surface area contributed by atoms with Crippen molar-refractivity contribution in [2.75, 3.05) is 13.7 Å². The van der Waals surface area contributed by atoms with E-state index in [1.54, 1.807) is 7.11 Å². The van der Waals surface area contributed by atoms with E-state index in [2.05, 4.69) is 40.9 Å². The van der Waals surface area contributed by atoms with Crippen LogP contribution in [0.15, 0.2) is 24.3 Å². The second kappa shape index (κ2) is 21.3. The zero-order valence-corrected chi connectivity index (χ0v) is 48.1. The van der Waals surface area contributed by atoms with Gasteiger partial charge in [-0.05, 0) is 73.8 Å². The average Bonchev–Trinajstić information content (AvgIpc) is 4.45. The second-order valence-corrected chi connectivity index (χ2v) is 28.1. The highest BCUT2D eigenvalue weighted by Gasteiger charge is 2.66. The summed E-state index contributed by atoms with van der Waals surface area (Å²) in [6.45, 7) is 17.6. The summed E-state index contributed by atoms with van der Waals surface area (Å²) in [5, 5.41) is 20.0. The van der Waals surface area contributed by atoms with Gasteiger partial charge in [0.2, 0.25) is 0 Å². The molecule has 10 bridgehead atoms. The molecule has 17 unspecified atom stereocenters. The maximum atomic E-state index is 14.6. The monoisotopic (exact) mass is 1140 g/mol. The minimum Gasteiger partial charge on any atom is -0.459 e. The molecule has 0 saturated carbocycles. The van der Waals surface area contributed by atoms with E-state index in [9.17, 15) is 15.0 Å². The van der Waals surface area contributed by atoms with Gasteiger partial charge in [0.25, 0.3) is 0 Å². The Bertz CT molecular complexity index is 2380. The van der Waals surface area contributed by atoms with Crippen molar-refractivity contribution in [1.29, 1.82) is 0 Å². The molecule has 15 aliphatic heterocycles. The molecule has 0 aromatic carbocycles. The van der Waals surface area contributed by atoms with Crippen LogP contribution in [0.1, 0.15) is 150 Å². The van der Waals surface area contributed by atoms with Crippen molar-refractivity contribution in [1.82, 2.24) is 0 Å². The summed E-state index contributed by atoms with van der Waals surface area (Å²) in [5.41, 5.74) is 2.16. The van der Waals surface area contributed by atoms with Gasteiger partial charge in [0.15, 0.2) is 17.4 Å². The molecule has 15 rings (SSSR count). The van der Waals surface area contributed by atoms with Crippen LogP contribution < -0.4 is 0 Å². The molecule has 0 radical (unpaired) electrons. The maximum absolute atomic E-state index is 14.6. The topological polar surface area (TPSA) is 205 Å². The van der Waals surface area contributed by atoms with E-state index < -0.39 is 41.8 Å². The number of hydrogen-bond donors (Lipinski definition) is 2. The molecule has 0 aromatic rings. The zero-order valence-electron chi connectivity index (χ0n) is 48.1. The third kappa shape index (κ3) is 10.0. The van der Waals surface area contributed by atoms with Crippen LogP contribution in [0.4, 0.5) is 0 Å². The molecule has 15 saturated heterocycles. The summed E-state index contributed by atoms with van der Waals surface area (Å²) in [7, 11) is 1.75. The molecule has 452 valence electrons. The van der Waals surface area contributed by atoms with Gasteiger partial charge in [-0.2, -0.15) is 0 Å². The first-order valence-electron chi connectivity index (χ1n) is 31.7. The van der Waals surface area contributed by atoms with E-state index in [1.807, 2.05) is 0 Å². The predicted octanol–water partition coefficient (Wildman–Crippen LogP) is 5.97. The van der Waals surface area contributed by atoms with Crippen LogP contribution in [-0.2, 0) is 80.6 Å². The Labute approximate surface area is 476 Å². The molecular weight excluding hydrogens is 1050 g/mol. The van der Waals surface area contributed by atoms with Gasteiger partial charge in [-0.25, -0.2) is 0 Å². The van der Waals surface area contributed by atoms with Crippen LogP contribution in [0, 0.1) is 23.7 Å². The number of esters is 1. The van der Waals surface area contributed by atoms with E-state index in [0.29, 0.717) is 77.0 Å². The summed E-state index contributed by atoms with van der Waals surface area (Å²) >= 11 is 0. The Hall–Kier alpha value is -1.73. The van der Waals surface area contributed by atoms with Crippen molar-refractivity contribution in [3.8, 4) is 0 Å². The van der Waals surface area contributed by atoms with E-state index in [-0.39, 0.29) is 171 Å². The Morgan fingerprint density at radius 1 is 0.519 bits per heavy atom. The van der Waals surface area contributed by atoms with Gasteiger partial charge < -0.3 is 86.0 Å². The predicted molar refractivity (Wildman–Crippen MR) is 283 cm³/mol. The lowest BCUT2D eigenvalue weighted by Gasteiger charge is -2.54. The molecule has 15 aliphatic rings. The lowest BCUT2D eigenvalue weighted by atomic mass is 9.78. The quantitative estimate of drug-likeness (QED) is 0.247. The maximum Gasteiger partial charge on any atom is 0.308 e. The first-order valence-corrected chi connectivity index (χ1v) is 31.7. The molecule has 15 heterocycles. The number of aliphatic hydroxyl groups excluding tert-OH is 2. The standard InChI is InChI=1S/C62H90O19/c1-28-14-34-8-10-38-29(2)15-36(67-38)12-13-60-25-51(66-7)59(81-60)47-21-49(77-60)58-39(70-47)11-9-35(69-58)16-53(65)75-57-33(6)56-46(72-45(57)17-40(68-34)32(28)5)20-44-50(74-56)24-62(76-44)26-52-55(80-62)31(4)23-61(79-52)22-30(3)54-48(78-61)19-42-43(73-54)18-41(71-42)37(64)27-63/h28,30-31,33-52,54-59,63-64H,2,5,8-27H2,1,3-4,6-7H3/t28-,30+,31+,33+,34?,35?,36?,37?,38?,39?,40?,41?,42?,43?,44-,45+,46+,47-,48?,49?,50-,51-,52?,54?,55?,56+,57?,58+,59?,60-,61-,62+/m1/s1. The number of aliphatic hydroxyl groups is 2. The van der Waals surface area contributed by atoms with Gasteiger partial charge in [0, 0.05) is 83.7 Å². The number of carbonyl (C=O) groups is 1. The van der Waals surface area contributed by atoms with Gasteiger partial charge in [0.05, 0.1) is 141 Å². The Morgan fingerprint density at radius 2 is 1.16 bits per heavy atom. The summed E-state index contributed by atoms with van der Waals surface area (Å²) in [6.07, 6.45) is 4.99. The van der Waals surface area contributed by atoms with Gasteiger partial charge in [0.1, 0.15) is 24.4 Å². The second-order valence-electron chi connectivity index (χ2n) is 28.1. The van der Waals surface area contributed by atoms with Crippen molar-refractivity contribution in [2.45, 2.75) is 320 Å². The fourth-order valence-corrected chi connectivity index (χ4v) is 18.6. The molecule has 32 atom stereocenters. The zero-order chi connectivity index (χ0) is 55.4. The van der Waals surface area contributed by atoms with Crippen LogP contribution in [0.3, 0.4) is 0 Å². The highest BCUT2D eigenvalue weighted by atomic mass is 16.8. The van der Waals surface area contributed by atoms with E-state index in [0.717, 1.165) is 49.7 Å². The first kappa shape index (κ1) is 55.8. The Morgan fingerprint density at radius 3 is 2.00 bits per heavy atom. The highest BCUT2D eigenvalue weighted by Crippen LogP contribution is 2.57. The van der Waals surface area contributed by atoms with Crippen molar-refractivity contribution in [2.24, 2.45) is 23.7 Å². The average molecular weight is 1140 g/mol. The lowest BCUT2D eigenvalue weighted by Crippen LogP contribution is -2.62. The summed E-state index contributed by atoms with van der Waals surface area (Å²) < 4.78 is 110. The molecule has 19 nitrogen and oxygen atoms in total. The van der Waals surface area contributed by atoms with Crippen LogP contribution in [0.5, 0.6) is 0 Å². The minimum atomic E-state index is -0.942. The van der Waals surface area contributed by atoms with Crippen LogP contribution in [0.2, 0.25) is 0 Å². The highest BCUT2D eigenvalue weighted by molar-refractivity contribution is 5.70. The molecule has 0 aromatic heterocycles. The summed E-state index contributed by atoms with van der Waals surface area (Å²) in [4.78, 5) is 14.6. The SMILES string of the molecule is C=C1CC2CC[C@]34C[C@@H](OC)C(O3)[C@H]3CC(O4)[C@H]4OC(CCC4O3)CC(=O)OC3[C@H](CC4OC(CCC1O2)C[C@@H](C)C4=C)O[C@H]1C[C@H]2O[C@@]4(CC5O[C@]6(C[C@H](C)C7OC8CC(C(O)CO)OC8CC7O6)C[C@H](C)C5O4)C[C@H]2O[C@H]1[C@@H]3C. The number of rotatable bonds is 3. The molecule has 81 heavy (non-hydrogen) atoms. The minimum absolute atomic E-state index is 0.00391. The smallest absolute Gasteiger partial charge is 0.308 e. The van der Waals surface area contributed by atoms with E-state index in [4.69, 9.17) is 75.8 Å². The molecule has 19 heteroatoms. The van der Waals surface area contributed by atoms with Crippen LogP contribution in [-0.4, -0.2) is 200 Å². The Kier molecular flexibility index (Phi) is 14.7. The van der Waals surface area contributed by atoms with Gasteiger partial charge >= 0.3 is 5.97 Å². The molecule has 0 amide bonds. The summed E-state index contributed by atoms with van der Waals surface area (Å²) in [6, 6.07) is 0. The van der Waals surface area contributed by atoms with Crippen molar-refractivity contribution in [3.05, 3.63) is 24.3 Å². The van der Waals surface area contributed by atoms with E-state index >= 15 is 0 Å². The largest absolute Gasteiger partial charge is 0.459 e. The number of carbonyl (C=O) groups excluding carboxylic acids is 1. The van der Waals surface area contributed by atoms with Crippen molar-refractivity contribution in [3.63, 3.8) is 0 Å². The number of methoxy groups -OCH3 is 1. The van der Waals surface area contributed by atoms with Crippen molar-refractivity contribution < 1.29 is 90.8 Å². The van der Waals surface area contributed by atoms with Gasteiger partial charge in [-0.15, -0.1) is 0 Å². The third-order valence-corrected chi connectivity index (χ3v) is 22.5. The van der Waals surface area contributed by atoms with Gasteiger partial charge in [-0.3, -0.25) is 4.79 Å². The Balaban J connectivity index is 0.651. The molecular formula is C62H90O19. The number of fused-ring (bicyclic) bond motifs is 14. The lowest BCUT2D eigenvalue weighted by molar-refractivity contribution is -0.369. The summed E-state index contributed by atoms with van der Waals surface area (Å²) in [5.74, 6) is -2.64. The van der Waals surface area contributed by atoms with E-state index in [1.165, 1.54) is 0 Å². The number of hydrogen-bond acceptors (Lipinski definition) is 19. The fraction of sp³-hybridized carbons (Fsp3) is 0.919. The normalized spacial score (nSPS) is 57.0. The first-order chi connectivity index (χ1) is 39.0. The molecule has 3 spiro atoms. The fourth-order valence-electron chi connectivity index (χ4n) is 18.6. The molecule has 15 fully saturated rings. The third-order valence-electron chi connectivity index (χ3n) is 22.5. The number of ether oxygens (including phenoxy) is 16. The van der Waals surface area contributed by atoms with Crippen LogP contribution >= 0.6 is 0 Å². The van der Waals surface area contributed by atoms with Crippen LogP contribution in [0.25, 0.3) is 0 Å².